The van der Waals surface area contributed by atoms with Gasteiger partial charge in [0.05, 0.1) is 24.4 Å². The van der Waals surface area contributed by atoms with Crippen molar-refractivity contribution in [1.82, 2.24) is 25.1 Å². The number of morpholine rings is 1. The Balaban J connectivity index is 1.70. The molecule has 3 rings (SSSR count). The second-order valence-electron chi connectivity index (χ2n) is 9.16. The maximum atomic E-state index is 13.4. The Kier molecular flexibility index (Phi) is 9.10. The Labute approximate surface area is 196 Å². The van der Waals surface area contributed by atoms with Crippen molar-refractivity contribution in [2.45, 2.75) is 90.3 Å². The smallest absolute Gasteiger partial charge is 0.296 e. The van der Waals surface area contributed by atoms with Gasteiger partial charge in [0.1, 0.15) is 12.7 Å². The van der Waals surface area contributed by atoms with Gasteiger partial charge in [-0.2, -0.15) is 4.98 Å². The van der Waals surface area contributed by atoms with Crippen LogP contribution in [0.25, 0.3) is 0 Å². The SMILES string of the molecule is CC[C@H]1CO[C@@H](C(=O)N(C2CC2)[C@@H](C)c2cn(CCCNC(=O)CO)c(OC(C)C)n2)CN1. The summed E-state index contributed by atoms with van der Waals surface area (Å²) in [6.45, 7) is 9.61. The molecule has 33 heavy (non-hydrogen) atoms. The van der Waals surface area contributed by atoms with Crippen molar-refractivity contribution < 1.29 is 24.2 Å². The fourth-order valence-electron chi connectivity index (χ4n) is 4.01. The van der Waals surface area contributed by atoms with E-state index in [2.05, 4.69) is 17.6 Å². The minimum absolute atomic E-state index is 0.0136. The molecule has 0 unspecified atom stereocenters. The Morgan fingerprint density at radius 2 is 2.15 bits per heavy atom. The summed E-state index contributed by atoms with van der Waals surface area (Å²) in [6.07, 6.45) is 5.05. The maximum absolute atomic E-state index is 13.4. The number of rotatable bonds is 12. The molecule has 1 aromatic rings. The summed E-state index contributed by atoms with van der Waals surface area (Å²) in [5.74, 6) is -0.378. The van der Waals surface area contributed by atoms with Gasteiger partial charge in [-0.25, -0.2) is 0 Å². The quantitative estimate of drug-likeness (QED) is 0.394. The van der Waals surface area contributed by atoms with Crippen molar-refractivity contribution in [3.8, 4) is 6.01 Å². The van der Waals surface area contributed by atoms with Gasteiger partial charge >= 0.3 is 0 Å². The van der Waals surface area contributed by atoms with E-state index in [9.17, 15) is 9.59 Å². The van der Waals surface area contributed by atoms with E-state index >= 15 is 0 Å². The number of aliphatic hydroxyl groups excluding tert-OH is 1. The van der Waals surface area contributed by atoms with Crippen LogP contribution in [0.5, 0.6) is 6.01 Å². The molecule has 3 N–H and O–H groups in total. The van der Waals surface area contributed by atoms with Crippen LogP contribution >= 0.6 is 0 Å². The molecule has 186 valence electrons. The van der Waals surface area contributed by atoms with Crippen LogP contribution in [-0.2, 0) is 20.9 Å². The molecule has 2 amide bonds. The van der Waals surface area contributed by atoms with Crippen LogP contribution in [0.2, 0.25) is 0 Å². The number of aryl methyl sites for hydroxylation is 1. The Hall–Kier alpha value is -2.17. The second-order valence-corrected chi connectivity index (χ2v) is 9.16. The summed E-state index contributed by atoms with van der Waals surface area (Å²) >= 11 is 0. The van der Waals surface area contributed by atoms with E-state index in [1.165, 1.54) is 0 Å². The van der Waals surface area contributed by atoms with Crippen molar-refractivity contribution >= 4 is 11.8 Å². The highest BCUT2D eigenvalue weighted by molar-refractivity contribution is 5.82. The van der Waals surface area contributed by atoms with E-state index in [0.717, 1.165) is 25.0 Å². The highest BCUT2D eigenvalue weighted by atomic mass is 16.5. The molecule has 2 heterocycles. The van der Waals surface area contributed by atoms with Crippen molar-refractivity contribution in [2.24, 2.45) is 0 Å². The lowest BCUT2D eigenvalue weighted by Gasteiger charge is -2.35. The number of hydrogen-bond acceptors (Lipinski definition) is 7. The minimum Gasteiger partial charge on any atom is -0.462 e. The fraction of sp³-hybridized carbons (Fsp3) is 0.783. The molecule has 2 aliphatic rings. The zero-order chi connectivity index (χ0) is 24.0. The molecule has 1 saturated heterocycles. The molecule has 1 aromatic heterocycles. The molecular weight excluding hydrogens is 426 g/mol. The van der Waals surface area contributed by atoms with Crippen molar-refractivity contribution in [3.63, 3.8) is 0 Å². The predicted octanol–water partition coefficient (Wildman–Crippen LogP) is 0.988. The van der Waals surface area contributed by atoms with E-state index in [4.69, 9.17) is 19.6 Å². The van der Waals surface area contributed by atoms with E-state index in [1.807, 2.05) is 36.4 Å². The molecule has 3 atom stereocenters. The summed E-state index contributed by atoms with van der Waals surface area (Å²) in [7, 11) is 0. The Morgan fingerprint density at radius 1 is 1.39 bits per heavy atom. The molecule has 0 aromatic carbocycles. The van der Waals surface area contributed by atoms with Gasteiger partial charge in [-0.1, -0.05) is 6.92 Å². The summed E-state index contributed by atoms with van der Waals surface area (Å²) in [5, 5.41) is 14.9. The minimum atomic E-state index is -0.515. The lowest BCUT2D eigenvalue weighted by molar-refractivity contribution is -0.149. The third-order valence-corrected chi connectivity index (χ3v) is 6.04. The number of aliphatic hydroxyl groups is 1. The third-order valence-electron chi connectivity index (χ3n) is 6.04. The largest absolute Gasteiger partial charge is 0.462 e. The number of nitrogens with one attached hydrogen (secondary N) is 2. The summed E-state index contributed by atoms with van der Waals surface area (Å²) in [6, 6.07) is 0.815. The summed E-state index contributed by atoms with van der Waals surface area (Å²) < 4.78 is 13.8. The molecular formula is C23H39N5O5. The predicted molar refractivity (Wildman–Crippen MR) is 123 cm³/mol. The topological polar surface area (TPSA) is 118 Å². The van der Waals surface area contributed by atoms with Crippen LogP contribution in [0.15, 0.2) is 6.20 Å². The molecule has 1 aliphatic carbocycles. The number of amides is 2. The maximum Gasteiger partial charge on any atom is 0.296 e. The number of ether oxygens (including phenoxy) is 2. The first kappa shape index (κ1) is 25.5. The fourth-order valence-corrected chi connectivity index (χ4v) is 4.01. The average molecular weight is 466 g/mol. The number of nitrogens with zero attached hydrogens (tertiary/aromatic N) is 3. The second kappa shape index (κ2) is 11.8. The zero-order valence-corrected chi connectivity index (χ0v) is 20.2. The molecule has 1 aliphatic heterocycles. The van der Waals surface area contributed by atoms with Crippen molar-refractivity contribution in [3.05, 3.63) is 11.9 Å². The van der Waals surface area contributed by atoms with Gasteiger partial charge < -0.3 is 34.7 Å². The molecule has 0 spiro atoms. The highest BCUT2D eigenvalue weighted by Crippen LogP contribution is 2.35. The zero-order valence-electron chi connectivity index (χ0n) is 20.2. The monoisotopic (exact) mass is 465 g/mol. The number of imidazole rings is 1. The molecule has 2 fully saturated rings. The number of hydrogen-bond donors (Lipinski definition) is 3. The highest BCUT2D eigenvalue weighted by Gasteiger charge is 2.41. The van der Waals surface area contributed by atoms with Gasteiger partial charge in [0.15, 0.2) is 0 Å². The van der Waals surface area contributed by atoms with Crippen LogP contribution in [0.4, 0.5) is 0 Å². The van der Waals surface area contributed by atoms with Gasteiger partial charge in [0.25, 0.3) is 11.9 Å². The first-order chi connectivity index (χ1) is 15.8. The van der Waals surface area contributed by atoms with Gasteiger partial charge in [0.2, 0.25) is 5.91 Å². The Bertz CT molecular complexity index is 786. The van der Waals surface area contributed by atoms with Gasteiger partial charge in [-0.3, -0.25) is 9.59 Å². The summed E-state index contributed by atoms with van der Waals surface area (Å²) in [5.41, 5.74) is 0.778. The van der Waals surface area contributed by atoms with Crippen LogP contribution < -0.4 is 15.4 Å². The first-order valence-corrected chi connectivity index (χ1v) is 12.1. The standard InChI is InChI=1S/C23H39N5O5/c1-5-17-14-32-20(11-25-17)22(31)28(18-7-8-18)16(4)19-12-27(23(26-19)33-15(2)3)10-6-9-24-21(30)13-29/h12,15-18,20,25,29H,5-11,13-14H2,1-4H3,(H,24,30)/t16-,17-,20+/m0/s1. The van der Waals surface area contributed by atoms with Crippen molar-refractivity contribution in [1.29, 1.82) is 0 Å². The average Bonchev–Trinajstić information content (AvgIpc) is 3.56. The van der Waals surface area contributed by atoms with Crippen LogP contribution in [0.3, 0.4) is 0 Å². The normalized spacial score (nSPS) is 21.6. The van der Waals surface area contributed by atoms with E-state index < -0.39 is 18.6 Å². The van der Waals surface area contributed by atoms with Gasteiger partial charge in [-0.15, -0.1) is 0 Å². The van der Waals surface area contributed by atoms with E-state index in [-0.39, 0.29) is 24.1 Å². The van der Waals surface area contributed by atoms with Crippen LogP contribution in [0.1, 0.15) is 65.1 Å². The summed E-state index contributed by atoms with van der Waals surface area (Å²) in [4.78, 5) is 31.3. The van der Waals surface area contributed by atoms with Crippen LogP contribution in [-0.4, -0.2) is 82.0 Å². The number of carbonyl (C=O) groups is 2. The van der Waals surface area contributed by atoms with E-state index in [1.54, 1.807) is 0 Å². The number of carbonyl (C=O) groups excluding carboxylic acids is 2. The number of aromatic nitrogens is 2. The van der Waals surface area contributed by atoms with Crippen LogP contribution in [0, 0.1) is 0 Å². The Morgan fingerprint density at radius 3 is 2.73 bits per heavy atom. The third kappa shape index (κ3) is 6.91. The van der Waals surface area contributed by atoms with Gasteiger partial charge in [-0.05, 0) is 46.5 Å². The molecule has 10 heteroatoms. The van der Waals surface area contributed by atoms with Crippen molar-refractivity contribution in [2.75, 3.05) is 26.3 Å². The molecule has 10 nitrogen and oxygen atoms in total. The lowest BCUT2D eigenvalue weighted by atomic mass is 10.1. The van der Waals surface area contributed by atoms with Gasteiger partial charge in [0, 0.05) is 37.9 Å². The first-order valence-electron chi connectivity index (χ1n) is 12.1. The van der Waals surface area contributed by atoms with E-state index in [0.29, 0.717) is 44.7 Å². The lowest BCUT2D eigenvalue weighted by Crippen LogP contribution is -2.53. The molecule has 0 bridgehead atoms. The molecule has 1 saturated carbocycles. The molecule has 0 radical (unpaired) electrons.